The van der Waals surface area contributed by atoms with Crippen LogP contribution in [0.4, 0.5) is 0 Å². The normalized spacial score (nSPS) is 16.3. The average molecular weight is 537 g/mol. The molecule has 1 fully saturated rings. The van der Waals surface area contributed by atoms with Gasteiger partial charge in [0.1, 0.15) is 9.79 Å². The summed E-state index contributed by atoms with van der Waals surface area (Å²) in [6, 6.07) is 4.52. The first kappa shape index (κ1) is 26.5. The Morgan fingerprint density at radius 2 is 1.58 bits per heavy atom. The molecule has 1 heterocycles. The fourth-order valence-electron chi connectivity index (χ4n) is 4.43. The topological polar surface area (TPSA) is 111 Å². The molecule has 0 saturated heterocycles. The molecule has 1 aromatic heterocycles. The van der Waals surface area contributed by atoms with E-state index in [9.17, 15) is 16.8 Å². The first-order valence-corrected chi connectivity index (χ1v) is 14.6. The van der Waals surface area contributed by atoms with Crippen LogP contribution in [0.1, 0.15) is 58.6 Å². The molecule has 1 aliphatic carbocycles. The third kappa shape index (κ3) is 6.13. The number of rotatable bonds is 6. The van der Waals surface area contributed by atoms with E-state index in [2.05, 4.69) is 4.72 Å². The van der Waals surface area contributed by atoms with Gasteiger partial charge in [-0.3, -0.25) is 0 Å². The summed E-state index contributed by atoms with van der Waals surface area (Å²) in [5.74, 6) is 0.415. The van der Waals surface area contributed by atoms with Crippen molar-refractivity contribution >= 4 is 43.2 Å². The molecule has 11 heteroatoms. The number of aromatic nitrogens is 1. The van der Waals surface area contributed by atoms with E-state index < -0.39 is 25.6 Å². The summed E-state index contributed by atoms with van der Waals surface area (Å²) in [6.07, 6.45) is 5.64. The minimum absolute atomic E-state index is 0.0339. The Morgan fingerprint density at radius 3 is 2.06 bits per heavy atom. The quantitative estimate of drug-likeness (QED) is 0.537. The van der Waals surface area contributed by atoms with E-state index in [0.717, 1.165) is 25.7 Å². The predicted octanol–water partition coefficient (Wildman–Crippen LogP) is 5.07. The van der Waals surface area contributed by atoms with Crippen LogP contribution in [0.2, 0.25) is 10.0 Å². The van der Waals surface area contributed by atoms with Gasteiger partial charge in [0.25, 0.3) is 0 Å². The van der Waals surface area contributed by atoms with Gasteiger partial charge in [0, 0.05) is 29.0 Å². The number of primary sulfonamides is 1. The maximum atomic E-state index is 12.9. The van der Waals surface area contributed by atoms with Gasteiger partial charge in [-0.1, -0.05) is 42.5 Å². The number of nitrogens with one attached hydrogen (secondary N) is 1. The Bertz CT molecular complexity index is 1230. The van der Waals surface area contributed by atoms with E-state index in [4.69, 9.17) is 28.3 Å². The third-order valence-corrected chi connectivity index (χ3v) is 9.50. The van der Waals surface area contributed by atoms with Crippen molar-refractivity contribution in [3.63, 3.8) is 0 Å². The van der Waals surface area contributed by atoms with Crippen LogP contribution < -0.4 is 9.86 Å². The lowest BCUT2D eigenvalue weighted by atomic mass is 9.89. The first-order valence-electron chi connectivity index (χ1n) is 10.9. The monoisotopic (exact) mass is 535 g/mol. The molecule has 33 heavy (non-hydrogen) atoms. The molecular weight excluding hydrogens is 505 g/mol. The van der Waals surface area contributed by atoms with E-state index in [-0.39, 0.29) is 19.8 Å². The van der Waals surface area contributed by atoms with Crippen molar-refractivity contribution in [2.75, 3.05) is 0 Å². The Kier molecular flexibility index (Phi) is 7.64. The van der Waals surface area contributed by atoms with Gasteiger partial charge in [-0.05, 0) is 64.7 Å². The summed E-state index contributed by atoms with van der Waals surface area (Å²) < 4.78 is 54.7. The summed E-state index contributed by atoms with van der Waals surface area (Å²) in [5, 5.41) is 5.38. The zero-order valence-corrected chi connectivity index (χ0v) is 22.4. The second-order valence-electron chi connectivity index (χ2n) is 9.76. The number of nitrogens with zero attached hydrogens (tertiary/aromatic N) is 1. The summed E-state index contributed by atoms with van der Waals surface area (Å²) in [5.41, 5.74) is 0.920. The first-order chi connectivity index (χ1) is 15.1. The smallest absolute Gasteiger partial charge is 0.244 e. The molecular formula is C22H31Cl2N3O4S2. The molecule has 184 valence electrons. The lowest BCUT2D eigenvalue weighted by Crippen LogP contribution is -2.40. The Morgan fingerprint density at radius 1 is 1.03 bits per heavy atom. The fourth-order valence-corrected chi connectivity index (χ4v) is 7.86. The molecule has 3 rings (SSSR count). The van der Waals surface area contributed by atoms with Crippen molar-refractivity contribution in [3.8, 4) is 11.3 Å². The molecule has 3 N–H and O–H groups in total. The Hall–Kier alpha value is -1.10. The van der Waals surface area contributed by atoms with Gasteiger partial charge >= 0.3 is 0 Å². The van der Waals surface area contributed by atoms with E-state index in [1.54, 1.807) is 27.7 Å². The number of hydrogen-bond donors (Lipinski definition) is 2. The molecule has 0 aliphatic heterocycles. The maximum absolute atomic E-state index is 12.9. The molecule has 0 spiro atoms. The van der Waals surface area contributed by atoms with Crippen LogP contribution in [0.15, 0.2) is 28.0 Å². The van der Waals surface area contributed by atoms with Crippen LogP contribution >= 0.6 is 23.2 Å². The number of halogens is 2. The summed E-state index contributed by atoms with van der Waals surface area (Å²) in [6.45, 7) is 7.52. The molecule has 0 radical (unpaired) electrons. The lowest BCUT2D eigenvalue weighted by Gasteiger charge is -2.24. The molecule has 0 unspecified atom stereocenters. The molecule has 1 aliphatic rings. The minimum atomic E-state index is -3.97. The summed E-state index contributed by atoms with van der Waals surface area (Å²) in [4.78, 5) is -0.176. The van der Waals surface area contributed by atoms with Gasteiger partial charge in [0.05, 0.1) is 10.0 Å². The fraction of sp³-hybridized carbons (Fsp3) is 0.545. The van der Waals surface area contributed by atoms with Crippen molar-refractivity contribution in [1.29, 1.82) is 0 Å². The van der Waals surface area contributed by atoms with Gasteiger partial charge in [0.2, 0.25) is 20.0 Å². The SMILES string of the molecule is Cc1c(S(N)(=O)=O)cc(-c2cc(Cl)c(S(=O)(=O)NC(C)(C)C)c(Cl)c2)n1CC1CCCCC1. The van der Waals surface area contributed by atoms with E-state index >= 15 is 0 Å². The number of sulfonamides is 2. The molecule has 7 nitrogen and oxygen atoms in total. The van der Waals surface area contributed by atoms with Crippen LogP contribution in [0, 0.1) is 12.8 Å². The Labute approximate surface area is 206 Å². The number of nitrogens with two attached hydrogens (primary N) is 1. The number of hydrogen-bond acceptors (Lipinski definition) is 4. The second-order valence-corrected chi connectivity index (χ2v) is 13.7. The van der Waals surface area contributed by atoms with Crippen LogP contribution in [0.25, 0.3) is 11.3 Å². The third-order valence-electron chi connectivity index (χ3n) is 5.80. The number of benzene rings is 1. The van der Waals surface area contributed by atoms with Crippen molar-refractivity contribution in [2.45, 2.75) is 81.7 Å². The largest absolute Gasteiger partial charge is 0.343 e. The van der Waals surface area contributed by atoms with Crippen molar-refractivity contribution in [3.05, 3.63) is 33.9 Å². The standard InChI is InChI=1S/C22H31Cl2N3O4S2/c1-14-20(32(25,28)29)12-19(27(14)13-15-8-6-5-7-9-15)16-10-17(23)21(18(24)11-16)33(30,31)26-22(2,3)4/h10-12,15,26H,5-9,13H2,1-4H3,(H2,25,28,29). The lowest BCUT2D eigenvalue weighted by molar-refractivity contribution is 0.318. The highest BCUT2D eigenvalue weighted by Gasteiger charge is 2.29. The van der Waals surface area contributed by atoms with Gasteiger partial charge in [-0.2, -0.15) is 0 Å². The molecule has 2 aromatic rings. The van der Waals surface area contributed by atoms with Crippen molar-refractivity contribution in [1.82, 2.24) is 9.29 Å². The Balaban J connectivity index is 2.14. The zero-order chi connectivity index (χ0) is 24.8. The van der Waals surface area contributed by atoms with Crippen molar-refractivity contribution < 1.29 is 16.8 Å². The predicted molar refractivity (Wildman–Crippen MR) is 133 cm³/mol. The molecule has 1 saturated carbocycles. The molecule has 1 aromatic carbocycles. The highest BCUT2D eigenvalue weighted by molar-refractivity contribution is 7.90. The highest BCUT2D eigenvalue weighted by Crippen LogP contribution is 2.38. The van der Waals surface area contributed by atoms with Gasteiger partial charge in [-0.15, -0.1) is 0 Å². The van der Waals surface area contributed by atoms with Crippen molar-refractivity contribution in [2.24, 2.45) is 11.1 Å². The maximum Gasteiger partial charge on any atom is 0.244 e. The molecule has 0 bridgehead atoms. The van der Waals surface area contributed by atoms with Crippen LogP contribution in [0.5, 0.6) is 0 Å². The highest BCUT2D eigenvalue weighted by atomic mass is 35.5. The van der Waals surface area contributed by atoms with Crippen LogP contribution in [-0.2, 0) is 26.6 Å². The molecule has 0 amide bonds. The van der Waals surface area contributed by atoms with Crippen LogP contribution in [0.3, 0.4) is 0 Å². The zero-order valence-electron chi connectivity index (χ0n) is 19.3. The minimum Gasteiger partial charge on any atom is -0.343 e. The van der Waals surface area contributed by atoms with Crippen LogP contribution in [-0.4, -0.2) is 26.9 Å². The van der Waals surface area contributed by atoms with E-state index in [1.165, 1.54) is 24.6 Å². The molecule has 0 atom stereocenters. The van der Waals surface area contributed by atoms with E-state index in [1.807, 2.05) is 4.57 Å². The second kappa shape index (κ2) is 9.51. The van der Waals surface area contributed by atoms with E-state index in [0.29, 0.717) is 29.4 Å². The summed E-state index contributed by atoms with van der Waals surface area (Å²) in [7, 11) is -7.92. The van der Waals surface area contributed by atoms with Gasteiger partial charge in [0.15, 0.2) is 0 Å². The summed E-state index contributed by atoms with van der Waals surface area (Å²) >= 11 is 12.8. The average Bonchev–Trinajstić information content (AvgIpc) is 2.96. The van der Waals surface area contributed by atoms with Gasteiger partial charge < -0.3 is 4.57 Å². The van der Waals surface area contributed by atoms with Gasteiger partial charge in [-0.25, -0.2) is 26.7 Å².